The van der Waals surface area contributed by atoms with Gasteiger partial charge in [0.05, 0.1) is 38.6 Å². The van der Waals surface area contributed by atoms with E-state index in [1.165, 1.54) is 0 Å². The molecule has 5 heteroatoms. The summed E-state index contributed by atoms with van der Waals surface area (Å²) in [5, 5.41) is 12.7. The molecular formula is C14H26N2O3. The standard InChI is InChI=1S/C14H26N2O3/c1-3-16-14(12-15)6-4-5-13(11-14)19-10-9-18-8-7-17-2/h13,16H,3-11H2,1-2H3. The molecule has 0 radical (unpaired) electrons. The number of rotatable bonds is 9. The van der Waals surface area contributed by atoms with Gasteiger partial charge in [-0.1, -0.05) is 6.92 Å². The van der Waals surface area contributed by atoms with Crippen LogP contribution in [0.3, 0.4) is 0 Å². The minimum Gasteiger partial charge on any atom is -0.382 e. The van der Waals surface area contributed by atoms with Crippen molar-refractivity contribution in [1.82, 2.24) is 5.32 Å². The van der Waals surface area contributed by atoms with Crippen LogP contribution in [0.5, 0.6) is 0 Å². The van der Waals surface area contributed by atoms with Crippen LogP contribution in [-0.2, 0) is 14.2 Å². The maximum Gasteiger partial charge on any atom is 0.109 e. The molecule has 1 aliphatic rings. The smallest absolute Gasteiger partial charge is 0.109 e. The number of hydrogen-bond acceptors (Lipinski definition) is 5. The molecule has 110 valence electrons. The molecule has 0 aromatic rings. The fraction of sp³-hybridized carbons (Fsp3) is 0.929. The average Bonchev–Trinajstić information content (AvgIpc) is 2.43. The summed E-state index contributed by atoms with van der Waals surface area (Å²) in [5.74, 6) is 0. The van der Waals surface area contributed by atoms with E-state index >= 15 is 0 Å². The van der Waals surface area contributed by atoms with Gasteiger partial charge in [-0.3, -0.25) is 5.32 Å². The molecule has 0 aliphatic heterocycles. The van der Waals surface area contributed by atoms with Crippen LogP contribution in [0.2, 0.25) is 0 Å². The SMILES string of the molecule is CCNC1(C#N)CCCC(OCCOCCOC)C1. The third kappa shape index (κ3) is 5.87. The Kier molecular flexibility index (Phi) is 7.99. The first-order valence-corrected chi connectivity index (χ1v) is 7.11. The Morgan fingerprint density at radius 1 is 1.32 bits per heavy atom. The molecule has 0 aromatic carbocycles. The molecule has 19 heavy (non-hydrogen) atoms. The number of nitrogens with one attached hydrogen (secondary N) is 1. The summed E-state index contributed by atoms with van der Waals surface area (Å²) in [5.41, 5.74) is -0.394. The molecular weight excluding hydrogens is 244 g/mol. The predicted molar refractivity (Wildman–Crippen MR) is 72.9 cm³/mol. The van der Waals surface area contributed by atoms with Gasteiger partial charge >= 0.3 is 0 Å². The quantitative estimate of drug-likeness (QED) is 0.643. The van der Waals surface area contributed by atoms with Gasteiger partial charge < -0.3 is 14.2 Å². The molecule has 1 fully saturated rings. The monoisotopic (exact) mass is 270 g/mol. The highest BCUT2D eigenvalue weighted by molar-refractivity contribution is 5.10. The van der Waals surface area contributed by atoms with Gasteiger partial charge in [0.2, 0.25) is 0 Å². The predicted octanol–water partition coefficient (Wildman–Crippen LogP) is 1.48. The van der Waals surface area contributed by atoms with Crippen LogP contribution >= 0.6 is 0 Å². The van der Waals surface area contributed by atoms with E-state index in [4.69, 9.17) is 14.2 Å². The number of hydrogen-bond donors (Lipinski definition) is 1. The minimum absolute atomic E-state index is 0.165. The Bertz CT molecular complexity index is 276. The van der Waals surface area contributed by atoms with E-state index < -0.39 is 5.54 Å². The number of methoxy groups -OCH3 is 1. The first-order valence-electron chi connectivity index (χ1n) is 7.11. The highest BCUT2D eigenvalue weighted by Gasteiger charge is 2.36. The molecule has 0 bridgehead atoms. The van der Waals surface area contributed by atoms with Gasteiger partial charge in [0.1, 0.15) is 5.54 Å². The fourth-order valence-corrected chi connectivity index (χ4v) is 2.52. The van der Waals surface area contributed by atoms with Crippen LogP contribution in [0, 0.1) is 11.3 Å². The summed E-state index contributed by atoms with van der Waals surface area (Å²) in [6.45, 7) is 5.24. The van der Waals surface area contributed by atoms with Gasteiger partial charge in [-0.25, -0.2) is 0 Å². The van der Waals surface area contributed by atoms with Gasteiger partial charge in [0, 0.05) is 13.5 Å². The molecule has 2 atom stereocenters. The van der Waals surface area contributed by atoms with Crippen molar-refractivity contribution in [3.05, 3.63) is 0 Å². The molecule has 1 rings (SSSR count). The van der Waals surface area contributed by atoms with Crippen molar-refractivity contribution in [2.24, 2.45) is 0 Å². The third-order valence-corrected chi connectivity index (χ3v) is 3.45. The molecule has 5 nitrogen and oxygen atoms in total. The van der Waals surface area contributed by atoms with Crippen molar-refractivity contribution in [1.29, 1.82) is 5.26 Å². The third-order valence-electron chi connectivity index (χ3n) is 3.45. The highest BCUT2D eigenvalue weighted by Crippen LogP contribution is 2.29. The van der Waals surface area contributed by atoms with E-state index in [2.05, 4.69) is 11.4 Å². The maximum atomic E-state index is 9.35. The Hall–Kier alpha value is -0.670. The first-order chi connectivity index (χ1) is 9.26. The second-order valence-electron chi connectivity index (χ2n) is 4.92. The van der Waals surface area contributed by atoms with Crippen LogP contribution in [0.1, 0.15) is 32.6 Å². The minimum atomic E-state index is -0.394. The van der Waals surface area contributed by atoms with Crippen LogP contribution in [0.25, 0.3) is 0 Å². The second kappa shape index (κ2) is 9.27. The lowest BCUT2D eigenvalue weighted by atomic mass is 9.81. The van der Waals surface area contributed by atoms with E-state index in [-0.39, 0.29) is 6.10 Å². The summed E-state index contributed by atoms with van der Waals surface area (Å²) in [7, 11) is 1.66. The molecule has 1 saturated carbocycles. The lowest BCUT2D eigenvalue weighted by Crippen LogP contribution is -2.49. The van der Waals surface area contributed by atoms with Crippen molar-refractivity contribution >= 4 is 0 Å². The number of ether oxygens (including phenoxy) is 3. The van der Waals surface area contributed by atoms with Gasteiger partial charge in [-0.2, -0.15) is 5.26 Å². The highest BCUT2D eigenvalue weighted by atomic mass is 16.5. The number of nitrogens with zero attached hydrogens (tertiary/aromatic N) is 1. The summed E-state index contributed by atoms with van der Waals surface area (Å²) in [6.07, 6.45) is 3.93. The Balaban J connectivity index is 2.21. The van der Waals surface area contributed by atoms with Crippen LogP contribution in [-0.4, -0.2) is 51.7 Å². The van der Waals surface area contributed by atoms with Crippen LogP contribution in [0.4, 0.5) is 0 Å². The molecule has 1 N–H and O–H groups in total. The zero-order valence-corrected chi connectivity index (χ0v) is 12.1. The molecule has 0 spiro atoms. The molecule has 1 aliphatic carbocycles. The van der Waals surface area contributed by atoms with E-state index in [1.54, 1.807) is 7.11 Å². The first kappa shape index (κ1) is 16.4. The van der Waals surface area contributed by atoms with Crippen molar-refractivity contribution in [2.75, 3.05) is 40.1 Å². The van der Waals surface area contributed by atoms with Crippen LogP contribution < -0.4 is 5.32 Å². The number of nitriles is 1. The zero-order chi connectivity index (χ0) is 14.0. The molecule has 0 aromatic heterocycles. The van der Waals surface area contributed by atoms with Crippen LogP contribution in [0.15, 0.2) is 0 Å². The Morgan fingerprint density at radius 3 is 2.79 bits per heavy atom. The molecule has 2 unspecified atom stereocenters. The van der Waals surface area contributed by atoms with Crippen molar-refractivity contribution in [3.63, 3.8) is 0 Å². The van der Waals surface area contributed by atoms with E-state index in [1.807, 2.05) is 6.92 Å². The van der Waals surface area contributed by atoms with Crippen molar-refractivity contribution in [2.45, 2.75) is 44.2 Å². The molecule has 0 heterocycles. The summed E-state index contributed by atoms with van der Waals surface area (Å²) in [4.78, 5) is 0. The Morgan fingerprint density at radius 2 is 2.11 bits per heavy atom. The summed E-state index contributed by atoms with van der Waals surface area (Å²) < 4.78 is 16.1. The van der Waals surface area contributed by atoms with E-state index in [9.17, 15) is 5.26 Å². The summed E-state index contributed by atoms with van der Waals surface area (Å²) in [6, 6.07) is 2.43. The van der Waals surface area contributed by atoms with E-state index in [0.29, 0.717) is 26.4 Å². The largest absolute Gasteiger partial charge is 0.382 e. The topological polar surface area (TPSA) is 63.5 Å². The summed E-state index contributed by atoms with van der Waals surface area (Å²) >= 11 is 0. The van der Waals surface area contributed by atoms with Crippen molar-refractivity contribution in [3.8, 4) is 6.07 Å². The maximum absolute atomic E-state index is 9.35. The second-order valence-corrected chi connectivity index (χ2v) is 4.92. The molecule has 0 saturated heterocycles. The molecule has 0 amide bonds. The Labute approximate surface area is 116 Å². The van der Waals surface area contributed by atoms with Gasteiger partial charge in [0.15, 0.2) is 0 Å². The average molecular weight is 270 g/mol. The van der Waals surface area contributed by atoms with Crippen molar-refractivity contribution < 1.29 is 14.2 Å². The normalized spacial score (nSPS) is 27.1. The van der Waals surface area contributed by atoms with Gasteiger partial charge in [-0.05, 0) is 25.8 Å². The van der Waals surface area contributed by atoms with E-state index in [0.717, 1.165) is 32.2 Å². The zero-order valence-electron chi connectivity index (χ0n) is 12.1. The lowest BCUT2D eigenvalue weighted by Gasteiger charge is -2.36. The van der Waals surface area contributed by atoms with Gasteiger partial charge in [0.25, 0.3) is 0 Å². The fourth-order valence-electron chi connectivity index (χ4n) is 2.52. The van der Waals surface area contributed by atoms with Gasteiger partial charge in [-0.15, -0.1) is 0 Å². The lowest BCUT2D eigenvalue weighted by molar-refractivity contribution is -0.0282.